The summed E-state index contributed by atoms with van der Waals surface area (Å²) >= 11 is 7.16. The number of nitrogens with one attached hydrogen (secondary N) is 4. The van der Waals surface area contributed by atoms with Gasteiger partial charge in [0.1, 0.15) is 16.9 Å². The van der Waals surface area contributed by atoms with Crippen molar-refractivity contribution >= 4 is 46.0 Å². The van der Waals surface area contributed by atoms with E-state index in [1.54, 1.807) is 30.3 Å². The molecule has 2 atom stereocenters. The smallest absolute Gasteiger partial charge is 0.328 e. The number of halogens is 1. The first-order chi connectivity index (χ1) is 18.0. The maximum absolute atomic E-state index is 12.7. The molecule has 0 aliphatic carbocycles. The number of benzene rings is 2. The number of thioether (sulfide) groups is 1. The molecule has 2 amide bonds. The van der Waals surface area contributed by atoms with Crippen molar-refractivity contribution in [3.8, 4) is 5.88 Å². The number of nitrogens with zero attached hydrogens (tertiary/aromatic N) is 1. The molecule has 1 aliphatic rings. The lowest BCUT2D eigenvalue weighted by Crippen LogP contribution is -2.29. The number of carbonyl (C=O) groups excluding carboxylic acids is 2. The van der Waals surface area contributed by atoms with Crippen LogP contribution in [0.25, 0.3) is 0 Å². The Hall–Kier alpha value is -3.83. The third-order valence-corrected chi connectivity index (χ3v) is 7.50. The number of anilines is 1. The van der Waals surface area contributed by atoms with Crippen molar-refractivity contribution in [3.63, 3.8) is 0 Å². The van der Waals surface area contributed by atoms with Gasteiger partial charge in [-0.2, -0.15) is 0 Å². The van der Waals surface area contributed by atoms with Crippen LogP contribution in [0.4, 0.5) is 5.69 Å². The molecule has 1 aromatic heterocycles. The molecule has 12 heteroatoms. The van der Waals surface area contributed by atoms with Gasteiger partial charge in [0, 0.05) is 17.1 Å². The number of rotatable bonds is 7. The molecule has 4 rings (SSSR count). The summed E-state index contributed by atoms with van der Waals surface area (Å²) in [5.41, 5.74) is 1.16. The van der Waals surface area contributed by atoms with Crippen LogP contribution in [-0.4, -0.2) is 37.3 Å². The number of aryl methyl sites for hydroxylation is 1. The van der Waals surface area contributed by atoms with Crippen molar-refractivity contribution in [2.24, 2.45) is 4.99 Å². The van der Waals surface area contributed by atoms with Gasteiger partial charge in [-0.05, 0) is 41.7 Å². The van der Waals surface area contributed by atoms with Crippen molar-refractivity contribution in [1.29, 1.82) is 0 Å². The fraction of sp³-hybridized carbons (Fsp3) is 0.269. The SMILES string of the molecule is Cc1ccc(NC(=O)C[C@@H]2SC(=N[C@H](c3ccc(C(C)C)cc3)c3c(O)[nH]c(=O)[nH]c3=O)NC2=O)cc1Cl. The van der Waals surface area contributed by atoms with Gasteiger partial charge in [-0.25, -0.2) is 9.79 Å². The topological polar surface area (TPSA) is 157 Å². The van der Waals surface area contributed by atoms with E-state index in [0.717, 1.165) is 22.9 Å². The molecular formula is C26H26ClN5O5S. The highest BCUT2D eigenvalue weighted by molar-refractivity contribution is 8.15. The number of aromatic hydroxyl groups is 1. The Morgan fingerprint density at radius 3 is 2.42 bits per heavy atom. The molecule has 2 aromatic carbocycles. The van der Waals surface area contributed by atoms with Crippen LogP contribution in [0.1, 0.15) is 54.5 Å². The van der Waals surface area contributed by atoms with Gasteiger partial charge in [-0.3, -0.25) is 24.4 Å². The summed E-state index contributed by atoms with van der Waals surface area (Å²) in [6.07, 6.45) is -0.126. The number of H-pyrrole nitrogens is 2. The van der Waals surface area contributed by atoms with E-state index in [1.807, 2.05) is 32.9 Å². The summed E-state index contributed by atoms with van der Waals surface area (Å²) in [6.45, 7) is 5.93. The molecule has 0 saturated carbocycles. The van der Waals surface area contributed by atoms with Gasteiger partial charge in [0.15, 0.2) is 5.17 Å². The molecule has 198 valence electrons. The zero-order valence-corrected chi connectivity index (χ0v) is 22.4. The zero-order chi connectivity index (χ0) is 27.6. The number of hydrogen-bond donors (Lipinski definition) is 5. The highest BCUT2D eigenvalue weighted by atomic mass is 35.5. The van der Waals surface area contributed by atoms with E-state index in [4.69, 9.17) is 11.6 Å². The molecule has 2 heterocycles. The van der Waals surface area contributed by atoms with E-state index in [9.17, 15) is 24.3 Å². The second-order valence-corrected chi connectivity index (χ2v) is 10.7. The number of hydrogen-bond acceptors (Lipinski definition) is 7. The Balaban J connectivity index is 1.59. The summed E-state index contributed by atoms with van der Waals surface area (Å²) in [7, 11) is 0. The summed E-state index contributed by atoms with van der Waals surface area (Å²) in [5.74, 6) is -1.15. The van der Waals surface area contributed by atoms with Crippen molar-refractivity contribution in [3.05, 3.63) is 90.6 Å². The lowest BCUT2D eigenvalue weighted by atomic mass is 9.96. The summed E-state index contributed by atoms with van der Waals surface area (Å²) < 4.78 is 0. The van der Waals surface area contributed by atoms with Crippen molar-refractivity contribution in [2.75, 3.05) is 5.32 Å². The van der Waals surface area contributed by atoms with Gasteiger partial charge in [0.05, 0.1) is 0 Å². The second-order valence-electron chi connectivity index (χ2n) is 9.14. The maximum Gasteiger partial charge on any atom is 0.328 e. The maximum atomic E-state index is 12.7. The molecule has 5 N–H and O–H groups in total. The number of aliphatic imine (C=N–C) groups is 1. The molecule has 1 saturated heterocycles. The van der Waals surface area contributed by atoms with Crippen LogP contribution in [0.5, 0.6) is 5.88 Å². The summed E-state index contributed by atoms with van der Waals surface area (Å²) in [4.78, 5) is 58.4. The van der Waals surface area contributed by atoms with E-state index in [2.05, 4.69) is 25.6 Å². The van der Waals surface area contributed by atoms with Crippen LogP contribution in [0.3, 0.4) is 0 Å². The fourth-order valence-corrected chi connectivity index (χ4v) is 5.05. The summed E-state index contributed by atoms with van der Waals surface area (Å²) in [6, 6.07) is 11.4. The van der Waals surface area contributed by atoms with E-state index in [-0.39, 0.29) is 29.0 Å². The van der Waals surface area contributed by atoms with Gasteiger partial charge in [-0.1, -0.05) is 67.5 Å². The van der Waals surface area contributed by atoms with Gasteiger partial charge in [0.2, 0.25) is 17.7 Å². The quantitative estimate of drug-likeness (QED) is 0.300. The minimum Gasteiger partial charge on any atom is -0.494 e. The molecule has 3 aromatic rings. The highest BCUT2D eigenvalue weighted by Crippen LogP contribution is 2.32. The number of amidine groups is 1. The largest absolute Gasteiger partial charge is 0.494 e. The first kappa shape index (κ1) is 27.2. The standard InChI is InChI=1S/C26H26ClN5O5S/c1-12(2)14-5-7-15(8-6-14)21(20-23(35)30-25(37)31-24(20)36)29-26-32-22(34)18(38-26)11-19(33)28-16-9-4-13(3)17(27)10-16/h4-10,12,18,21H,11H2,1-3H3,(H,28,33)(H,29,32,34)(H3,30,31,35,36,37)/t18-,21+/m0/s1. The minimum absolute atomic E-state index is 0.126. The molecule has 10 nitrogen and oxygen atoms in total. The lowest BCUT2D eigenvalue weighted by Gasteiger charge is -2.15. The molecular weight excluding hydrogens is 530 g/mol. The van der Waals surface area contributed by atoms with Crippen LogP contribution in [0, 0.1) is 6.92 Å². The molecule has 1 aliphatic heterocycles. The third kappa shape index (κ3) is 6.17. The van der Waals surface area contributed by atoms with Crippen LogP contribution in [0.15, 0.2) is 57.0 Å². The number of aromatic nitrogens is 2. The Kier molecular flexibility index (Phi) is 8.08. The van der Waals surface area contributed by atoms with Gasteiger partial charge < -0.3 is 15.7 Å². The van der Waals surface area contributed by atoms with E-state index in [0.29, 0.717) is 16.3 Å². The minimum atomic E-state index is -1.04. The molecule has 0 unspecified atom stereocenters. The molecule has 0 radical (unpaired) electrons. The highest BCUT2D eigenvalue weighted by Gasteiger charge is 2.34. The van der Waals surface area contributed by atoms with Gasteiger partial charge >= 0.3 is 5.69 Å². The molecule has 38 heavy (non-hydrogen) atoms. The second kappa shape index (κ2) is 11.3. The normalized spacial score (nSPS) is 17.0. The van der Waals surface area contributed by atoms with Crippen LogP contribution in [-0.2, 0) is 9.59 Å². The average molecular weight is 556 g/mol. The van der Waals surface area contributed by atoms with Crippen LogP contribution in [0.2, 0.25) is 5.02 Å². The molecule has 1 fully saturated rings. The fourth-order valence-electron chi connectivity index (χ4n) is 3.88. The Bertz CT molecular complexity index is 1530. The zero-order valence-electron chi connectivity index (χ0n) is 20.8. The number of carbonyl (C=O) groups is 2. The van der Waals surface area contributed by atoms with Crippen molar-refractivity contribution in [2.45, 2.75) is 44.4 Å². The Labute approximate surface area is 226 Å². The van der Waals surface area contributed by atoms with Crippen molar-refractivity contribution in [1.82, 2.24) is 15.3 Å². The van der Waals surface area contributed by atoms with E-state index in [1.165, 1.54) is 0 Å². The lowest BCUT2D eigenvalue weighted by molar-refractivity contribution is -0.122. The molecule has 0 bridgehead atoms. The van der Waals surface area contributed by atoms with E-state index >= 15 is 0 Å². The molecule has 0 spiro atoms. The monoisotopic (exact) mass is 555 g/mol. The first-order valence-electron chi connectivity index (χ1n) is 11.8. The third-order valence-electron chi connectivity index (χ3n) is 6.00. The first-order valence-corrected chi connectivity index (χ1v) is 13.0. The predicted molar refractivity (Wildman–Crippen MR) is 148 cm³/mol. The Morgan fingerprint density at radius 1 is 1.11 bits per heavy atom. The van der Waals surface area contributed by atoms with Gasteiger partial charge in [-0.15, -0.1) is 0 Å². The predicted octanol–water partition coefficient (Wildman–Crippen LogP) is 3.56. The van der Waals surface area contributed by atoms with Crippen LogP contribution < -0.4 is 21.9 Å². The number of aromatic amines is 2. The van der Waals surface area contributed by atoms with Crippen LogP contribution >= 0.6 is 23.4 Å². The number of amides is 2. The van der Waals surface area contributed by atoms with Gasteiger partial charge in [0.25, 0.3) is 5.56 Å². The van der Waals surface area contributed by atoms with E-state index < -0.39 is 34.3 Å². The average Bonchev–Trinajstić information content (AvgIpc) is 3.18. The Morgan fingerprint density at radius 2 is 1.79 bits per heavy atom. The summed E-state index contributed by atoms with van der Waals surface area (Å²) in [5, 5.41) is 15.7. The van der Waals surface area contributed by atoms with Crippen molar-refractivity contribution < 1.29 is 14.7 Å².